The summed E-state index contributed by atoms with van der Waals surface area (Å²) in [7, 11) is 2.15. The predicted octanol–water partition coefficient (Wildman–Crippen LogP) is 3.10. The number of hydrogen-bond acceptors (Lipinski definition) is 4. The maximum absolute atomic E-state index is 12.5. The second-order valence-corrected chi connectivity index (χ2v) is 7.77. The Morgan fingerprint density at radius 1 is 0.964 bits per heavy atom. The van der Waals surface area contributed by atoms with E-state index >= 15 is 0 Å². The summed E-state index contributed by atoms with van der Waals surface area (Å²) in [5.74, 6) is 1.06. The summed E-state index contributed by atoms with van der Waals surface area (Å²) in [6.45, 7) is 8.50. The first-order valence-electron chi connectivity index (χ1n) is 9.84. The Bertz CT molecular complexity index is 994. The number of anilines is 1. The molecule has 1 aliphatic rings. The minimum Gasteiger partial charge on any atom is -0.369 e. The predicted molar refractivity (Wildman–Crippen MR) is 113 cm³/mol. The molecule has 6 nitrogen and oxygen atoms in total. The average molecular weight is 377 g/mol. The molecule has 3 aromatic rings. The largest absolute Gasteiger partial charge is 0.369 e. The summed E-state index contributed by atoms with van der Waals surface area (Å²) < 4.78 is 1.65. The Morgan fingerprint density at radius 3 is 2.32 bits per heavy atom. The highest BCUT2D eigenvalue weighted by Crippen LogP contribution is 2.25. The van der Waals surface area contributed by atoms with E-state index in [1.54, 1.807) is 4.57 Å². The van der Waals surface area contributed by atoms with E-state index < -0.39 is 0 Å². The Kier molecular flexibility index (Phi) is 5.05. The van der Waals surface area contributed by atoms with E-state index in [-0.39, 0.29) is 5.69 Å². The highest BCUT2D eigenvalue weighted by Gasteiger charge is 2.16. The molecule has 0 unspecified atom stereocenters. The van der Waals surface area contributed by atoms with Crippen LogP contribution in [0.25, 0.3) is 17.1 Å². The van der Waals surface area contributed by atoms with Gasteiger partial charge in [-0.3, -0.25) is 0 Å². The van der Waals surface area contributed by atoms with Crippen molar-refractivity contribution >= 4 is 5.69 Å². The van der Waals surface area contributed by atoms with Gasteiger partial charge < -0.3 is 9.80 Å². The summed E-state index contributed by atoms with van der Waals surface area (Å²) in [5.41, 5.74) is 3.95. The molecule has 0 saturated carbocycles. The fourth-order valence-corrected chi connectivity index (χ4v) is 3.64. The smallest absolute Gasteiger partial charge is 0.348 e. The van der Waals surface area contributed by atoms with Crippen molar-refractivity contribution in [3.8, 4) is 17.1 Å². The Morgan fingerprint density at radius 2 is 1.64 bits per heavy atom. The van der Waals surface area contributed by atoms with E-state index in [2.05, 4.69) is 65.2 Å². The zero-order valence-corrected chi connectivity index (χ0v) is 16.7. The molecule has 1 aromatic heterocycles. The summed E-state index contributed by atoms with van der Waals surface area (Å²) in [4.78, 5) is 17.2. The first-order chi connectivity index (χ1) is 13.5. The quantitative estimate of drug-likeness (QED) is 0.759. The Balaban J connectivity index is 1.66. The molecule has 2 aromatic carbocycles. The van der Waals surface area contributed by atoms with Crippen molar-refractivity contribution < 1.29 is 0 Å². The normalized spacial score (nSPS) is 15.4. The third kappa shape index (κ3) is 3.60. The second-order valence-electron chi connectivity index (χ2n) is 7.77. The second kappa shape index (κ2) is 7.64. The molecule has 146 valence electrons. The van der Waals surface area contributed by atoms with Crippen molar-refractivity contribution in [2.75, 3.05) is 38.1 Å². The van der Waals surface area contributed by atoms with Crippen molar-refractivity contribution in [3.63, 3.8) is 0 Å². The van der Waals surface area contributed by atoms with Gasteiger partial charge in [-0.15, -0.1) is 0 Å². The molecule has 0 bridgehead atoms. The molecular formula is C22H27N5O. The number of aromatic nitrogens is 3. The van der Waals surface area contributed by atoms with E-state index in [4.69, 9.17) is 0 Å². The zero-order valence-electron chi connectivity index (χ0n) is 16.7. The molecule has 1 N–H and O–H groups in total. The number of likely N-dealkylation sites (N-methyl/N-ethyl adjacent to an activating group) is 1. The van der Waals surface area contributed by atoms with Gasteiger partial charge >= 0.3 is 5.69 Å². The first-order valence-corrected chi connectivity index (χ1v) is 9.84. The lowest BCUT2D eigenvalue weighted by atomic mass is 10.0. The van der Waals surface area contributed by atoms with Gasteiger partial charge in [-0.1, -0.05) is 32.0 Å². The topological polar surface area (TPSA) is 57.2 Å². The molecule has 2 heterocycles. The highest BCUT2D eigenvalue weighted by atomic mass is 16.1. The lowest BCUT2D eigenvalue weighted by molar-refractivity contribution is 0.313. The van der Waals surface area contributed by atoms with E-state index in [0.29, 0.717) is 11.7 Å². The molecule has 1 fully saturated rings. The van der Waals surface area contributed by atoms with Crippen LogP contribution in [0.3, 0.4) is 0 Å². The van der Waals surface area contributed by atoms with Crippen LogP contribution < -0.4 is 10.6 Å². The molecule has 0 aliphatic carbocycles. The van der Waals surface area contributed by atoms with Gasteiger partial charge in [0.1, 0.15) is 0 Å². The van der Waals surface area contributed by atoms with Crippen LogP contribution >= 0.6 is 0 Å². The van der Waals surface area contributed by atoms with Gasteiger partial charge in [-0.25, -0.2) is 14.5 Å². The molecule has 0 spiro atoms. The number of nitrogens with zero attached hydrogens (tertiary/aromatic N) is 4. The Labute approximate surface area is 165 Å². The van der Waals surface area contributed by atoms with Crippen LogP contribution in [0.2, 0.25) is 0 Å². The fourth-order valence-electron chi connectivity index (χ4n) is 3.64. The number of benzene rings is 2. The van der Waals surface area contributed by atoms with Crippen molar-refractivity contribution in [3.05, 3.63) is 64.6 Å². The van der Waals surface area contributed by atoms with Crippen molar-refractivity contribution in [2.45, 2.75) is 19.8 Å². The Hall–Kier alpha value is -2.86. The van der Waals surface area contributed by atoms with Gasteiger partial charge in [0.05, 0.1) is 5.69 Å². The summed E-state index contributed by atoms with van der Waals surface area (Å²) in [5, 5.41) is 6.90. The van der Waals surface area contributed by atoms with Gasteiger partial charge in [0, 0.05) is 37.4 Å². The molecule has 4 rings (SSSR count). The molecule has 28 heavy (non-hydrogen) atoms. The average Bonchev–Trinajstić information content (AvgIpc) is 3.10. The van der Waals surface area contributed by atoms with Crippen molar-refractivity contribution in [1.29, 1.82) is 0 Å². The molecular weight excluding hydrogens is 350 g/mol. The number of aromatic amines is 1. The standard InChI is InChI=1S/C22H27N5O/c1-16(2)17-5-4-6-18(15-17)21-23-24-22(28)27(21)20-9-7-19(8-10-20)26-13-11-25(3)12-14-26/h4-10,15-16H,11-14H2,1-3H3,(H,24,28). The van der Waals surface area contributed by atoms with Crippen LogP contribution in [0.15, 0.2) is 53.3 Å². The minimum absolute atomic E-state index is 0.225. The fraction of sp³-hybridized carbons (Fsp3) is 0.364. The van der Waals surface area contributed by atoms with Crippen LogP contribution in [0.1, 0.15) is 25.3 Å². The first kappa shape index (κ1) is 18.5. The molecule has 0 amide bonds. The molecule has 0 atom stereocenters. The van der Waals surface area contributed by atoms with E-state index in [0.717, 1.165) is 37.4 Å². The van der Waals surface area contributed by atoms with Crippen LogP contribution in [-0.4, -0.2) is 52.9 Å². The number of nitrogens with one attached hydrogen (secondary N) is 1. The van der Waals surface area contributed by atoms with Crippen molar-refractivity contribution in [2.24, 2.45) is 0 Å². The van der Waals surface area contributed by atoms with E-state index in [1.165, 1.54) is 11.3 Å². The van der Waals surface area contributed by atoms with E-state index in [9.17, 15) is 4.79 Å². The molecule has 1 saturated heterocycles. The van der Waals surface area contributed by atoms with E-state index in [1.807, 2.05) is 24.3 Å². The molecule has 6 heteroatoms. The summed E-state index contributed by atoms with van der Waals surface area (Å²) in [6.07, 6.45) is 0. The number of H-pyrrole nitrogens is 1. The molecule has 0 radical (unpaired) electrons. The van der Waals surface area contributed by atoms with Crippen LogP contribution in [0, 0.1) is 0 Å². The summed E-state index contributed by atoms with van der Waals surface area (Å²) in [6, 6.07) is 16.4. The minimum atomic E-state index is -0.225. The monoisotopic (exact) mass is 377 g/mol. The van der Waals surface area contributed by atoms with Gasteiger partial charge in [0.25, 0.3) is 0 Å². The number of hydrogen-bond donors (Lipinski definition) is 1. The maximum atomic E-state index is 12.5. The lowest BCUT2D eigenvalue weighted by Gasteiger charge is -2.34. The lowest BCUT2D eigenvalue weighted by Crippen LogP contribution is -2.44. The van der Waals surface area contributed by atoms with Gasteiger partial charge in [0.2, 0.25) is 0 Å². The third-order valence-electron chi connectivity index (χ3n) is 5.46. The van der Waals surface area contributed by atoms with Gasteiger partial charge in [-0.2, -0.15) is 5.10 Å². The highest BCUT2D eigenvalue weighted by molar-refractivity contribution is 5.60. The van der Waals surface area contributed by atoms with Crippen molar-refractivity contribution in [1.82, 2.24) is 19.7 Å². The van der Waals surface area contributed by atoms with Gasteiger partial charge in [0.15, 0.2) is 5.82 Å². The SMILES string of the molecule is CC(C)c1cccc(-c2n[nH]c(=O)n2-c2ccc(N3CCN(C)CC3)cc2)c1. The number of piperazine rings is 1. The third-order valence-corrected chi connectivity index (χ3v) is 5.46. The zero-order chi connectivity index (χ0) is 19.7. The molecule has 1 aliphatic heterocycles. The van der Waals surface area contributed by atoms with Crippen LogP contribution in [-0.2, 0) is 0 Å². The van der Waals surface area contributed by atoms with Crippen LogP contribution in [0.4, 0.5) is 5.69 Å². The maximum Gasteiger partial charge on any atom is 0.348 e. The summed E-state index contributed by atoms with van der Waals surface area (Å²) >= 11 is 0. The number of rotatable bonds is 4. The van der Waals surface area contributed by atoms with Crippen LogP contribution in [0.5, 0.6) is 0 Å². The van der Waals surface area contributed by atoms with Gasteiger partial charge in [-0.05, 0) is 48.9 Å².